The Kier molecular flexibility index (Phi) is 6.53. The summed E-state index contributed by atoms with van der Waals surface area (Å²) in [4.78, 5) is 29.2. The summed E-state index contributed by atoms with van der Waals surface area (Å²) in [6.07, 6.45) is 2.18. The summed E-state index contributed by atoms with van der Waals surface area (Å²) < 4.78 is 10.4. The lowest BCUT2D eigenvalue weighted by atomic mass is 9.95. The van der Waals surface area contributed by atoms with Crippen molar-refractivity contribution in [2.75, 3.05) is 56.7 Å². The number of hydrogen-bond donors (Lipinski definition) is 2. The van der Waals surface area contributed by atoms with Crippen LogP contribution in [0.5, 0.6) is 0 Å². The minimum Gasteiger partial charge on any atom is -0.379 e. The molecule has 2 aliphatic heterocycles. The maximum absolute atomic E-state index is 12.4. The summed E-state index contributed by atoms with van der Waals surface area (Å²) in [5, 5.41) is 8.94. The third-order valence-corrected chi connectivity index (χ3v) is 5.86. The first-order valence-corrected chi connectivity index (χ1v) is 10.7. The molecule has 0 bridgehead atoms. The van der Waals surface area contributed by atoms with Crippen molar-refractivity contribution in [2.45, 2.75) is 25.8 Å². The van der Waals surface area contributed by atoms with E-state index in [2.05, 4.69) is 50.8 Å². The van der Waals surface area contributed by atoms with E-state index < -0.39 is 11.8 Å². The molecule has 2 N–H and O–H groups in total. The normalized spacial score (nSPS) is 17.7. The van der Waals surface area contributed by atoms with Crippen LogP contribution in [0, 0.1) is 6.92 Å². The van der Waals surface area contributed by atoms with Gasteiger partial charge in [0.05, 0.1) is 19.3 Å². The highest BCUT2D eigenvalue weighted by molar-refractivity contribution is 6.39. The van der Waals surface area contributed by atoms with E-state index >= 15 is 0 Å². The van der Waals surface area contributed by atoms with E-state index in [0.29, 0.717) is 25.5 Å². The molecule has 1 saturated heterocycles. The number of nitrogens with zero attached hydrogens (tertiary/aromatic N) is 3. The molecular formula is C22H29N5O4. The average molecular weight is 428 g/mol. The number of aryl methyl sites for hydroxylation is 2. The number of ether oxygens (including phenoxy) is 1. The minimum absolute atomic E-state index is 0.0347. The second-order valence-electron chi connectivity index (χ2n) is 8.06. The molecule has 0 radical (unpaired) electrons. The van der Waals surface area contributed by atoms with Crippen molar-refractivity contribution in [3.63, 3.8) is 0 Å². The smallest absolute Gasteiger partial charge is 0.314 e. The van der Waals surface area contributed by atoms with Crippen molar-refractivity contribution in [3.05, 3.63) is 41.2 Å². The van der Waals surface area contributed by atoms with Crippen molar-refractivity contribution < 1.29 is 18.8 Å². The van der Waals surface area contributed by atoms with Crippen LogP contribution in [0.3, 0.4) is 0 Å². The lowest BCUT2D eigenvalue weighted by Crippen LogP contribution is -2.45. The number of nitrogens with one attached hydrogen (secondary N) is 2. The highest BCUT2D eigenvalue weighted by Crippen LogP contribution is 2.30. The zero-order valence-corrected chi connectivity index (χ0v) is 18.0. The Morgan fingerprint density at radius 3 is 2.71 bits per heavy atom. The summed E-state index contributed by atoms with van der Waals surface area (Å²) in [6.45, 7) is 5.98. The van der Waals surface area contributed by atoms with Gasteiger partial charge in [-0.15, -0.1) is 0 Å². The van der Waals surface area contributed by atoms with Crippen molar-refractivity contribution >= 4 is 23.3 Å². The number of carbonyl (C=O) groups excluding carboxylic acids is 2. The Morgan fingerprint density at radius 2 is 1.97 bits per heavy atom. The summed E-state index contributed by atoms with van der Waals surface area (Å²) >= 11 is 0. The maximum Gasteiger partial charge on any atom is 0.314 e. The van der Waals surface area contributed by atoms with Crippen LogP contribution in [0.1, 0.15) is 29.3 Å². The standard InChI is InChI=1S/C22H29N5O4/c1-15-12-20(25-31-15)24-22(29)21(28)23-14-19(27-8-10-30-11-9-27)17-5-6-18-16(13-17)4-3-7-26(18)2/h5-6,12-13,19H,3-4,7-11,14H2,1-2H3,(H,23,28)(H,24,25,29)/t19-/m0/s1. The molecule has 0 spiro atoms. The zero-order valence-electron chi connectivity index (χ0n) is 18.0. The van der Waals surface area contributed by atoms with Gasteiger partial charge in [0.2, 0.25) is 0 Å². The first-order chi connectivity index (χ1) is 15.0. The average Bonchev–Trinajstić information content (AvgIpc) is 3.19. The number of benzene rings is 1. The summed E-state index contributed by atoms with van der Waals surface area (Å²) in [6, 6.07) is 8.07. The molecule has 4 rings (SSSR count). The van der Waals surface area contributed by atoms with E-state index in [1.54, 1.807) is 13.0 Å². The van der Waals surface area contributed by atoms with Gasteiger partial charge in [0.25, 0.3) is 0 Å². The molecule has 166 valence electrons. The molecule has 1 atom stereocenters. The Hall–Kier alpha value is -2.91. The molecule has 1 aromatic heterocycles. The van der Waals surface area contributed by atoms with Crippen molar-refractivity contribution in [1.82, 2.24) is 15.4 Å². The molecule has 0 unspecified atom stereocenters. The molecule has 31 heavy (non-hydrogen) atoms. The summed E-state index contributed by atoms with van der Waals surface area (Å²) in [7, 11) is 2.12. The zero-order chi connectivity index (χ0) is 21.8. The number of fused-ring (bicyclic) bond motifs is 1. The Labute approximate surface area is 181 Å². The number of hydrogen-bond acceptors (Lipinski definition) is 7. The van der Waals surface area contributed by atoms with Gasteiger partial charge in [0.15, 0.2) is 5.82 Å². The summed E-state index contributed by atoms with van der Waals surface area (Å²) in [5.41, 5.74) is 3.74. The fourth-order valence-electron chi connectivity index (χ4n) is 4.23. The monoisotopic (exact) mass is 427 g/mol. The van der Waals surface area contributed by atoms with Crippen LogP contribution in [-0.2, 0) is 20.7 Å². The van der Waals surface area contributed by atoms with Crippen LogP contribution in [0.4, 0.5) is 11.5 Å². The van der Waals surface area contributed by atoms with Crippen molar-refractivity contribution in [1.29, 1.82) is 0 Å². The molecule has 3 heterocycles. The Balaban J connectivity index is 1.46. The molecule has 9 heteroatoms. The van der Waals surface area contributed by atoms with Crippen LogP contribution >= 0.6 is 0 Å². The molecule has 1 aromatic carbocycles. The SMILES string of the molecule is Cc1cc(NC(=O)C(=O)NC[C@@H](c2ccc3c(c2)CCCN3C)N2CCOCC2)no1. The fraction of sp³-hybridized carbons (Fsp3) is 0.500. The lowest BCUT2D eigenvalue weighted by molar-refractivity contribution is -0.136. The molecule has 2 amide bonds. The Morgan fingerprint density at radius 1 is 1.16 bits per heavy atom. The molecule has 9 nitrogen and oxygen atoms in total. The predicted molar refractivity (Wildman–Crippen MR) is 116 cm³/mol. The van der Waals surface area contributed by atoms with Crippen LogP contribution in [0.2, 0.25) is 0 Å². The first-order valence-electron chi connectivity index (χ1n) is 10.7. The molecule has 0 aliphatic carbocycles. The third-order valence-electron chi connectivity index (χ3n) is 5.86. The van der Waals surface area contributed by atoms with Gasteiger partial charge in [0, 0.05) is 45.0 Å². The molecule has 0 saturated carbocycles. The van der Waals surface area contributed by atoms with Crippen LogP contribution < -0.4 is 15.5 Å². The van der Waals surface area contributed by atoms with E-state index in [0.717, 1.165) is 38.0 Å². The second kappa shape index (κ2) is 9.49. The predicted octanol–water partition coefficient (Wildman–Crippen LogP) is 1.49. The number of carbonyl (C=O) groups is 2. The highest BCUT2D eigenvalue weighted by Gasteiger charge is 2.26. The van der Waals surface area contributed by atoms with Crippen LogP contribution in [-0.4, -0.2) is 68.3 Å². The molecule has 2 aromatic rings. The largest absolute Gasteiger partial charge is 0.379 e. The van der Waals surface area contributed by atoms with Gasteiger partial charge >= 0.3 is 11.8 Å². The number of anilines is 2. The molecule has 2 aliphatic rings. The number of aromatic nitrogens is 1. The van der Waals surface area contributed by atoms with E-state index in [9.17, 15) is 9.59 Å². The fourth-order valence-corrected chi connectivity index (χ4v) is 4.23. The van der Waals surface area contributed by atoms with Gasteiger partial charge in [-0.2, -0.15) is 0 Å². The van der Waals surface area contributed by atoms with Crippen LogP contribution in [0.25, 0.3) is 0 Å². The van der Waals surface area contributed by atoms with Crippen molar-refractivity contribution in [3.8, 4) is 0 Å². The van der Waals surface area contributed by atoms with Gasteiger partial charge in [-0.05, 0) is 37.0 Å². The molecule has 1 fully saturated rings. The van der Waals surface area contributed by atoms with E-state index in [4.69, 9.17) is 9.26 Å². The highest BCUT2D eigenvalue weighted by atomic mass is 16.5. The molecular weight excluding hydrogens is 398 g/mol. The number of amides is 2. The topological polar surface area (TPSA) is 99.9 Å². The minimum atomic E-state index is -0.763. The first kappa shape index (κ1) is 21.3. The van der Waals surface area contributed by atoms with E-state index in [1.165, 1.54) is 11.3 Å². The van der Waals surface area contributed by atoms with Crippen molar-refractivity contribution in [2.24, 2.45) is 0 Å². The third kappa shape index (κ3) is 5.05. The maximum atomic E-state index is 12.4. The number of morpholine rings is 1. The van der Waals surface area contributed by atoms with Gasteiger partial charge < -0.3 is 19.5 Å². The van der Waals surface area contributed by atoms with Gasteiger partial charge in [-0.3, -0.25) is 19.8 Å². The van der Waals surface area contributed by atoms with Crippen LogP contribution in [0.15, 0.2) is 28.8 Å². The van der Waals surface area contributed by atoms with Gasteiger partial charge in [-0.25, -0.2) is 0 Å². The summed E-state index contributed by atoms with van der Waals surface area (Å²) in [5.74, 6) is -0.681. The second-order valence-corrected chi connectivity index (χ2v) is 8.06. The lowest BCUT2D eigenvalue weighted by Gasteiger charge is -2.36. The van der Waals surface area contributed by atoms with E-state index in [-0.39, 0.29) is 11.9 Å². The van der Waals surface area contributed by atoms with Gasteiger partial charge in [-0.1, -0.05) is 17.3 Å². The van der Waals surface area contributed by atoms with Gasteiger partial charge in [0.1, 0.15) is 5.76 Å². The van der Waals surface area contributed by atoms with E-state index in [1.807, 2.05) is 0 Å². The quantitative estimate of drug-likeness (QED) is 0.698. The number of rotatable bonds is 5. The Bertz CT molecular complexity index is 938.